The topological polar surface area (TPSA) is 88.0 Å². The first-order chi connectivity index (χ1) is 14.7. The van der Waals surface area contributed by atoms with Gasteiger partial charge in [-0.1, -0.05) is 19.1 Å². The molecule has 4 aromatic heterocycles. The van der Waals surface area contributed by atoms with Crippen LogP contribution in [-0.4, -0.2) is 24.3 Å². The van der Waals surface area contributed by atoms with Crippen LogP contribution < -0.4 is 10.9 Å². The van der Waals surface area contributed by atoms with Crippen molar-refractivity contribution < 1.29 is 4.39 Å². The molecule has 5 aromatic rings. The van der Waals surface area contributed by atoms with Crippen molar-refractivity contribution >= 4 is 33.1 Å². The van der Waals surface area contributed by atoms with Crippen LogP contribution in [0.5, 0.6) is 0 Å². The van der Waals surface area contributed by atoms with Gasteiger partial charge in [0.2, 0.25) is 0 Å². The van der Waals surface area contributed by atoms with Gasteiger partial charge >= 0.3 is 0 Å². The second-order valence-electron chi connectivity index (χ2n) is 6.83. The fourth-order valence-corrected chi connectivity index (χ4v) is 4.43. The number of hydrogen-bond acceptors (Lipinski definition) is 6. The molecule has 4 heterocycles. The molecule has 1 unspecified atom stereocenters. The Hall–Kier alpha value is -3.59. The van der Waals surface area contributed by atoms with Crippen molar-refractivity contribution in [1.82, 2.24) is 24.3 Å². The lowest BCUT2D eigenvalue weighted by atomic mass is 9.95. The number of fused-ring (bicyclic) bond motifs is 2. The van der Waals surface area contributed by atoms with E-state index in [2.05, 4.69) is 25.3 Å². The van der Waals surface area contributed by atoms with Crippen molar-refractivity contribution in [2.75, 3.05) is 5.32 Å². The molecule has 2 N–H and O–H groups in total. The summed E-state index contributed by atoms with van der Waals surface area (Å²) in [6.45, 7) is 2.02. The van der Waals surface area contributed by atoms with Crippen molar-refractivity contribution in [1.29, 1.82) is 0 Å². The Morgan fingerprint density at radius 3 is 3.00 bits per heavy atom. The molecule has 0 amide bonds. The molecular weight excluding hydrogens is 403 g/mol. The number of nitrogens with one attached hydrogen (secondary N) is 2. The summed E-state index contributed by atoms with van der Waals surface area (Å²) in [5.74, 6) is 0.188. The number of nitrogens with zero attached hydrogens (tertiary/aromatic N) is 4. The number of anilines is 1. The molecule has 0 fully saturated rings. The van der Waals surface area contributed by atoms with E-state index in [1.54, 1.807) is 29.1 Å². The molecule has 1 aromatic carbocycles. The molecule has 0 aliphatic rings. The van der Waals surface area contributed by atoms with E-state index in [1.165, 1.54) is 29.8 Å². The van der Waals surface area contributed by atoms with Crippen LogP contribution in [0.2, 0.25) is 0 Å². The van der Waals surface area contributed by atoms with Crippen molar-refractivity contribution in [2.24, 2.45) is 0 Å². The minimum atomic E-state index is -0.386. The van der Waals surface area contributed by atoms with E-state index in [1.807, 2.05) is 18.4 Å². The van der Waals surface area contributed by atoms with Crippen molar-refractivity contribution in [3.63, 3.8) is 0 Å². The quantitative estimate of drug-likeness (QED) is 0.440. The highest BCUT2D eigenvalue weighted by molar-refractivity contribution is 7.15. The van der Waals surface area contributed by atoms with Crippen molar-refractivity contribution in [3.05, 3.63) is 76.3 Å². The largest absolute Gasteiger partial charge is 0.361 e. The van der Waals surface area contributed by atoms with Crippen molar-refractivity contribution in [2.45, 2.75) is 19.4 Å². The number of benzene rings is 1. The SMILES string of the molecule is CCC(Nc1ncnc2[nH]cnc12)c1cc2sccn2c(=O)c1-c1cccc(F)c1. The highest BCUT2D eigenvalue weighted by atomic mass is 32.1. The molecule has 1 atom stereocenters. The van der Waals surface area contributed by atoms with Crippen LogP contribution in [0.3, 0.4) is 0 Å². The maximum Gasteiger partial charge on any atom is 0.263 e. The van der Waals surface area contributed by atoms with E-state index in [4.69, 9.17) is 0 Å². The van der Waals surface area contributed by atoms with Crippen molar-refractivity contribution in [3.8, 4) is 11.1 Å². The number of halogens is 1. The maximum atomic E-state index is 14.0. The summed E-state index contributed by atoms with van der Waals surface area (Å²) in [7, 11) is 0. The lowest BCUT2D eigenvalue weighted by Gasteiger charge is -2.21. The third kappa shape index (κ3) is 3.03. The van der Waals surface area contributed by atoms with Gasteiger partial charge in [-0.3, -0.25) is 9.20 Å². The summed E-state index contributed by atoms with van der Waals surface area (Å²) in [6, 6.07) is 7.87. The van der Waals surface area contributed by atoms with Gasteiger partial charge in [-0.15, -0.1) is 11.3 Å². The molecule has 150 valence electrons. The van der Waals surface area contributed by atoms with E-state index in [0.717, 1.165) is 10.4 Å². The van der Waals surface area contributed by atoms with E-state index in [9.17, 15) is 9.18 Å². The standard InChI is InChI=1S/C21H17FN6OS/c1-2-15(27-20-18-19(24-10-23-18)25-11-26-20)14-9-16-28(6-7-30-16)21(29)17(14)12-4-3-5-13(22)8-12/h3-11,15H,2H2,1H3,(H2,23,24,25,26,27). The number of hydrogen-bond donors (Lipinski definition) is 2. The van der Waals surface area contributed by atoms with Crippen LogP contribution in [-0.2, 0) is 0 Å². The molecule has 30 heavy (non-hydrogen) atoms. The molecule has 0 aliphatic carbocycles. The van der Waals surface area contributed by atoms with Gasteiger partial charge in [-0.2, -0.15) is 0 Å². The van der Waals surface area contributed by atoms with E-state index in [-0.39, 0.29) is 17.4 Å². The molecule has 0 spiro atoms. The van der Waals surface area contributed by atoms with Crippen LogP contribution in [0.4, 0.5) is 10.2 Å². The number of rotatable bonds is 5. The minimum Gasteiger partial charge on any atom is -0.361 e. The fourth-order valence-electron chi connectivity index (χ4n) is 3.66. The van der Waals surface area contributed by atoms with Crippen LogP contribution >= 0.6 is 11.3 Å². The molecule has 0 saturated carbocycles. The number of pyridine rings is 1. The minimum absolute atomic E-state index is 0.179. The smallest absolute Gasteiger partial charge is 0.263 e. The molecule has 5 rings (SSSR count). The number of aromatic amines is 1. The molecule has 9 heteroatoms. The Morgan fingerprint density at radius 1 is 1.27 bits per heavy atom. The first kappa shape index (κ1) is 18.4. The normalized spacial score (nSPS) is 12.5. The van der Waals surface area contributed by atoms with Crippen LogP contribution in [0.15, 0.2) is 59.4 Å². The predicted molar refractivity (Wildman–Crippen MR) is 115 cm³/mol. The third-order valence-electron chi connectivity index (χ3n) is 5.06. The summed E-state index contributed by atoms with van der Waals surface area (Å²) in [5, 5.41) is 5.28. The Kier molecular flexibility index (Phi) is 4.51. The molecule has 0 aliphatic heterocycles. The molecule has 0 saturated heterocycles. The Balaban J connectivity index is 1.71. The predicted octanol–water partition coefficient (Wildman–Crippen LogP) is 4.40. The summed E-state index contributed by atoms with van der Waals surface area (Å²) in [4.78, 5) is 29.9. The van der Waals surface area contributed by atoms with Crippen LogP contribution in [0.25, 0.3) is 27.1 Å². The zero-order valence-electron chi connectivity index (χ0n) is 16.0. The lowest BCUT2D eigenvalue weighted by molar-refractivity contribution is 0.628. The van der Waals surface area contributed by atoms with Gasteiger partial charge in [0, 0.05) is 11.6 Å². The second kappa shape index (κ2) is 7.34. The second-order valence-corrected chi connectivity index (χ2v) is 7.75. The number of imidazole rings is 1. The van der Waals surface area contributed by atoms with Gasteiger partial charge in [-0.05, 0) is 35.7 Å². The van der Waals surface area contributed by atoms with E-state index in [0.29, 0.717) is 34.5 Å². The Bertz CT molecular complexity index is 1420. The summed E-state index contributed by atoms with van der Waals surface area (Å²) in [5.41, 5.74) is 2.87. The van der Waals surface area contributed by atoms with Gasteiger partial charge in [0.15, 0.2) is 11.5 Å². The molecule has 7 nitrogen and oxygen atoms in total. The highest BCUT2D eigenvalue weighted by Crippen LogP contribution is 2.32. The fraction of sp³-hybridized carbons (Fsp3) is 0.143. The van der Waals surface area contributed by atoms with Crippen LogP contribution in [0.1, 0.15) is 24.9 Å². The summed E-state index contributed by atoms with van der Waals surface area (Å²) < 4.78 is 15.6. The molecule has 0 bridgehead atoms. The van der Waals surface area contributed by atoms with Crippen LogP contribution in [0, 0.1) is 5.82 Å². The molecule has 0 radical (unpaired) electrons. The summed E-state index contributed by atoms with van der Waals surface area (Å²) >= 11 is 1.48. The zero-order valence-corrected chi connectivity index (χ0v) is 16.8. The average Bonchev–Trinajstić information content (AvgIpc) is 3.41. The molecular formula is C21H17FN6OS. The van der Waals surface area contributed by atoms with E-state index >= 15 is 0 Å². The van der Waals surface area contributed by atoms with Gasteiger partial charge in [0.25, 0.3) is 5.56 Å². The van der Waals surface area contributed by atoms with Gasteiger partial charge < -0.3 is 10.3 Å². The maximum absolute atomic E-state index is 14.0. The number of H-pyrrole nitrogens is 1. The van der Waals surface area contributed by atoms with E-state index < -0.39 is 0 Å². The zero-order chi connectivity index (χ0) is 20.7. The lowest BCUT2D eigenvalue weighted by Crippen LogP contribution is -2.21. The highest BCUT2D eigenvalue weighted by Gasteiger charge is 2.22. The Morgan fingerprint density at radius 2 is 2.17 bits per heavy atom. The first-order valence-corrected chi connectivity index (χ1v) is 10.3. The van der Waals surface area contributed by atoms with Gasteiger partial charge in [-0.25, -0.2) is 19.3 Å². The monoisotopic (exact) mass is 420 g/mol. The average molecular weight is 420 g/mol. The third-order valence-corrected chi connectivity index (χ3v) is 5.88. The van der Waals surface area contributed by atoms with Gasteiger partial charge in [0.1, 0.15) is 22.5 Å². The number of thiazole rings is 1. The van der Waals surface area contributed by atoms with Gasteiger partial charge in [0.05, 0.1) is 17.9 Å². The summed E-state index contributed by atoms with van der Waals surface area (Å²) in [6.07, 6.45) is 5.44. The Labute approximate surface area is 174 Å². The first-order valence-electron chi connectivity index (χ1n) is 9.45. The number of aromatic nitrogens is 5.